The monoisotopic (exact) mass is 389 g/mol. The second-order valence-corrected chi connectivity index (χ2v) is 8.08. The third kappa shape index (κ3) is 3.47. The van der Waals surface area contributed by atoms with E-state index in [1.165, 1.54) is 32.1 Å². The molecule has 0 aliphatic heterocycles. The first-order valence-electron chi connectivity index (χ1n) is 9.87. The zero-order chi connectivity index (χ0) is 18.8. The highest BCUT2D eigenvalue weighted by Crippen LogP contribution is 2.30. The van der Waals surface area contributed by atoms with E-state index in [2.05, 4.69) is 50.6 Å². The number of hydrogen-bond donors (Lipinski definition) is 2. The molecule has 0 radical (unpaired) electrons. The van der Waals surface area contributed by atoms with Crippen molar-refractivity contribution in [2.24, 2.45) is 0 Å². The van der Waals surface area contributed by atoms with Crippen molar-refractivity contribution < 1.29 is 0 Å². The Morgan fingerprint density at radius 2 is 1.89 bits per heavy atom. The summed E-state index contributed by atoms with van der Waals surface area (Å²) in [6, 6.07) is 14.9. The number of thiophene rings is 1. The maximum Gasteiger partial charge on any atom is 0.178 e. The van der Waals surface area contributed by atoms with E-state index in [1.807, 2.05) is 28.9 Å². The summed E-state index contributed by atoms with van der Waals surface area (Å²) in [5, 5.41) is 16.3. The van der Waals surface area contributed by atoms with Gasteiger partial charge in [-0.1, -0.05) is 37.5 Å². The molecule has 142 valence electrons. The van der Waals surface area contributed by atoms with Crippen LogP contribution in [0.5, 0.6) is 0 Å². The van der Waals surface area contributed by atoms with Crippen molar-refractivity contribution in [2.45, 2.75) is 38.1 Å². The maximum absolute atomic E-state index is 4.90. The first-order valence-corrected chi connectivity index (χ1v) is 10.8. The van der Waals surface area contributed by atoms with E-state index in [0.29, 0.717) is 6.04 Å². The van der Waals surface area contributed by atoms with Crippen LogP contribution in [0.25, 0.3) is 16.9 Å². The normalized spacial score (nSPS) is 15.0. The summed E-state index contributed by atoms with van der Waals surface area (Å²) in [4.78, 5) is 4.67. The quantitative estimate of drug-likeness (QED) is 0.443. The number of hydrogen-bond acceptors (Lipinski definition) is 5. The van der Waals surface area contributed by atoms with Gasteiger partial charge in [-0.2, -0.15) is 11.3 Å². The number of fused-ring (bicyclic) bond motifs is 1. The topological polar surface area (TPSA) is 54.2 Å². The fraction of sp³-hybridized carbons (Fsp3) is 0.273. The summed E-state index contributed by atoms with van der Waals surface area (Å²) in [5.74, 6) is 0.896. The van der Waals surface area contributed by atoms with Gasteiger partial charge < -0.3 is 10.6 Å². The number of anilines is 3. The van der Waals surface area contributed by atoms with E-state index in [4.69, 9.17) is 5.10 Å². The summed E-state index contributed by atoms with van der Waals surface area (Å²) in [6.07, 6.45) is 8.26. The molecule has 0 saturated heterocycles. The van der Waals surface area contributed by atoms with Gasteiger partial charge in [0.15, 0.2) is 5.65 Å². The number of para-hydroxylation sites is 1. The van der Waals surface area contributed by atoms with Gasteiger partial charge in [-0.05, 0) is 36.4 Å². The molecule has 5 rings (SSSR count). The minimum atomic E-state index is 0.497. The zero-order valence-corrected chi connectivity index (χ0v) is 16.5. The first kappa shape index (κ1) is 17.3. The molecule has 3 aromatic heterocycles. The first-order chi connectivity index (χ1) is 13.9. The molecule has 1 fully saturated rings. The predicted molar refractivity (Wildman–Crippen MR) is 117 cm³/mol. The molecule has 2 N–H and O–H groups in total. The average Bonchev–Trinajstić information content (AvgIpc) is 3.39. The van der Waals surface area contributed by atoms with Crippen LogP contribution in [-0.2, 0) is 0 Å². The molecular weight excluding hydrogens is 366 g/mol. The molecule has 1 saturated carbocycles. The number of imidazole rings is 1. The van der Waals surface area contributed by atoms with E-state index < -0.39 is 0 Å². The zero-order valence-electron chi connectivity index (χ0n) is 15.6. The Bertz CT molecular complexity index is 1050. The van der Waals surface area contributed by atoms with Crippen LogP contribution in [0.4, 0.5) is 17.2 Å². The van der Waals surface area contributed by atoms with Crippen molar-refractivity contribution in [1.29, 1.82) is 0 Å². The van der Waals surface area contributed by atoms with E-state index in [9.17, 15) is 0 Å². The van der Waals surface area contributed by atoms with Crippen LogP contribution in [0, 0.1) is 0 Å². The molecular formula is C22H23N5S. The Labute approximate surface area is 168 Å². The summed E-state index contributed by atoms with van der Waals surface area (Å²) in [7, 11) is 0. The SMILES string of the molecule is c1ccc(Nc2cc(NC3CCCCC3)nn3c(-c4ccsc4)cnc23)cc1. The molecule has 6 heteroatoms. The van der Waals surface area contributed by atoms with E-state index >= 15 is 0 Å². The Balaban J connectivity index is 1.57. The molecule has 0 amide bonds. The Hall–Kier alpha value is -2.86. The smallest absolute Gasteiger partial charge is 0.178 e. The van der Waals surface area contributed by atoms with Crippen molar-refractivity contribution >= 4 is 34.2 Å². The minimum absolute atomic E-state index is 0.497. The third-order valence-electron chi connectivity index (χ3n) is 5.29. The van der Waals surface area contributed by atoms with Gasteiger partial charge in [-0.25, -0.2) is 9.50 Å². The second kappa shape index (κ2) is 7.64. The van der Waals surface area contributed by atoms with Crippen molar-refractivity contribution in [2.75, 3.05) is 10.6 Å². The molecule has 1 aliphatic rings. The molecule has 4 aromatic rings. The number of aromatic nitrogens is 3. The highest BCUT2D eigenvalue weighted by atomic mass is 32.1. The molecule has 0 spiro atoms. The average molecular weight is 390 g/mol. The van der Waals surface area contributed by atoms with Crippen LogP contribution >= 0.6 is 11.3 Å². The van der Waals surface area contributed by atoms with Gasteiger partial charge >= 0.3 is 0 Å². The van der Waals surface area contributed by atoms with Crippen LogP contribution in [-0.4, -0.2) is 20.6 Å². The Morgan fingerprint density at radius 3 is 2.68 bits per heavy atom. The minimum Gasteiger partial charge on any atom is -0.366 e. The second-order valence-electron chi connectivity index (χ2n) is 7.30. The van der Waals surface area contributed by atoms with E-state index in [-0.39, 0.29) is 0 Å². The lowest BCUT2D eigenvalue weighted by Crippen LogP contribution is -2.23. The summed E-state index contributed by atoms with van der Waals surface area (Å²) in [5.41, 5.74) is 4.99. The van der Waals surface area contributed by atoms with Crippen molar-refractivity contribution in [1.82, 2.24) is 14.6 Å². The van der Waals surface area contributed by atoms with Crippen LogP contribution in [0.1, 0.15) is 32.1 Å². The molecule has 1 aromatic carbocycles. The Morgan fingerprint density at radius 1 is 1.04 bits per heavy atom. The number of rotatable bonds is 5. The number of nitrogens with zero attached hydrogens (tertiary/aromatic N) is 3. The molecule has 28 heavy (non-hydrogen) atoms. The maximum atomic E-state index is 4.90. The Kier molecular flexibility index (Phi) is 4.71. The van der Waals surface area contributed by atoms with Gasteiger partial charge in [0.05, 0.1) is 17.6 Å². The van der Waals surface area contributed by atoms with Crippen LogP contribution in [0.2, 0.25) is 0 Å². The summed E-state index contributed by atoms with van der Waals surface area (Å²) in [6.45, 7) is 0. The largest absolute Gasteiger partial charge is 0.366 e. The molecule has 5 nitrogen and oxygen atoms in total. The lowest BCUT2D eigenvalue weighted by molar-refractivity contribution is 0.461. The standard InChI is InChI=1S/C22H23N5S/c1-3-7-17(8-4-1)24-19-13-21(25-18-9-5-2-6-10-18)26-27-20(14-23-22(19)27)16-11-12-28-15-16/h1,3-4,7-8,11-15,18,24H,2,5-6,9-10H2,(H,25,26). The van der Waals surface area contributed by atoms with Crippen molar-refractivity contribution in [3.63, 3.8) is 0 Å². The lowest BCUT2D eigenvalue weighted by Gasteiger charge is -2.23. The van der Waals surface area contributed by atoms with E-state index in [1.54, 1.807) is 11.3 Å². The predicted octanol–water partition coefficient (Wildman–Crippen LogP) is 5.95. The van der Waals surface area contributed by atoms with Crippen LogP contribution in [0.15, 0.2) is 59.4 Å². The highest BCUT2D eigenvalue weighted by molar-refractivity contribution is 7.08. The van der Waals surface area contributed by atoms with Crippen LogP contribution < -0.4 is 10.6 Å². The molecule has 0 atom stereocenters. The van der Waals surface area contributed by atoms with Gasteiger partial charge in [-0.15, -0.1) is 5.10 Å². The molecule has 1 aliphatic carbocycles. The van der Waals surface area contributed by atoms with Gasteiger partial charge in [0.2, 0.25) is 0 Å². The molecule has 3 heterocycles. The van der Waals surface area contributed by atoms with Gasteiger partial charge in [0.25, 0.3) is 0 Å². The van der Waals surface area contributed by atoms with Gasteiger partial charge in [0, 0.05) is 28.7 Å². The molecule has 0 bridgehead atoms. The summed E-state index contributed by atoms with van der Waals surface area (Å²) >= 11 is 1.69. The summed E-state index contributed by atoms with van der Waals surface area (Å²) < 4.78 is 1.96. The van der Waals surface area contributed by atoms with Gasteiger partial charge in [-0.3, -0.25) is 0 Å². The molecule has 0 unspecified atom stereocenters. The highest BCUT2D eigenvalue weighted by Gasteiger charge is 2.17. The number of benzene rings is 1. The number of nitrogens with one attached hydrogen (secondary N) is 2. The van der Waals surface area contributed by atoms with Crippen LogP contribution in [0.3, 0.4) is 0 Å². The van der Waals surface area contributed by atoms with Gasteiger partial charge in [0.1, 0.15) is 5.82 Å². The fourth-order valence-corrected chi connectivity index (χ4v) is 4.52. The van der Waals surface area contributed by atoms with Crippen molar-refractivity contribution in [3.8, 4) is 11.3 Å². The fourth-order valence-electron chi connectivity index (χ4n) is 3.87. The third-order valence-corrected chi connectivity index (χ3v) is 5.98. The lowest BCUT2D eigenvalue weighted by atomic mass is 9.95. The van der Waals surface area contributed by atoms with Crippen molar-refractivity contribution in [3.05, 3.63) is 59.4 Å². The van der Waals surface area contributed by atoms with E-state index in [0.717, 1.165) is 34.1 Å².